The number of nitrogens with one attached hydrogen (secondary N) is 2. The summed E-state index contributed by atoms with van der Waals surface area (Å²) in [5, 5.41) is 18.3. The van der Waals surface area contributed by atoms with E-state index in [1.54, 1.807) is 0 Å². The number of carbonyl (C=O) groups excluding carboxylic acids is 2. The lowest BCUT2D eigenvalue weighted by molar-refractivity contribution is -0.117. The highest BCUT2D eigenvalue weighted by Gasteiger charge is 2.29. The van der Waals surface area contributed by atoms with Gasteiger partial charge in [0.2, 0.25) is 5.91 Å². The number of carboxylic acid groups (broad SMARTS) is 1. The Labute approximate surface area is 196 Å². The third-order valence-electron chi connectivity index (χ3n) is 5.84. The van der Waals surface area contributed by atoms with E-state index in [-0.39, 0.29) is 48.8 Å². The normalized spacial score (nSPS) is 13.0. The fraction of sp³-hybridized carbons (Fsp3) is 0.280. The highest BCUT2D eigenvalue weighted by atomic mass is 16.5. The Morgan fingerprint density at radius 2 is 1.71 bits per heavy atom. The molecule has 1 unspecified atom stereocenters. The van der Waals surface area contributed by atoms with E-state index in [0.717, 1.165) is 22.3 Å². The van der Waals surface area contributed by atoms with Gasteiger partial charge in [0, 0.05) is 32.0 Å². The first-order chi connectivity index (χ1) is 16.3. The zero-order chi connectivity index (χ0) is 24.2. The summed E-state index contributed by atoms with van der Waals surface area (Å²) < 4.78 is 6.69. The number of alkyl carbamates (subject to hydrolysis) is 1. The zero-order valence-corrected chi connectivity index (χ0v) is 18.9. The van der Waals surface area contributed by atoms with Gasteiger partial charge in [-0.05, 0) is 28.2 Å². The van der Waals surface area contributed by atoms with Crippen LogP contribution in [0.3, 0.4) is 0 Å². The SMILES string of the molecule is CC(CNC(=O)OCC1c2ccccc2-c2ccccc21)CC(=O)Nc1cc(C(=O)O)n(C)n1. The molecule has 1 atom stereocenters. The Morgan fingerprint density at radius 3 is 2.29 bits per heavy atom. The first-order valence-corrected chi connectivity index (χ1v) is 11.0. The average Bonchev–Trinajstić information content (AvgIpc) is 3.33. The Morgan fingerprint density at radius 1 is 1.09 bits per heavy atom. The molecule has 0 saturated heterocycles. The fourth-order valence-electron chi connectivity index (χ4n) is 4.22. The lowest BCUT2D eigenvalue weighted by Gasteiger charge is -2.16. The lowest BCUT2D eigenvalue weighted by atomic mass is 9.98. The molecule has 9 nitrogen and oxygen atoms in total. The van der Waals surface area contributed by atoms with E-state index in [2.05, 4.69) is 40.0 Å². The maximum absolute atomic E-state index is 12.3. The molecule has 4 rings (SSSR count). The molecular formula is C25H26N4O5. The van der Waals surface area contributed by atoms with Crippen molar-refractivity contribution in [1.82, 2.24) is 15.1 Å². The van der Waals surface area contributed by atoms with Gasteiger partial charge in [0.1, 0.15) is 12.3 Å². The van der Waals surface area contributed by atoms with Crippen LogP contribution in [0.2, 0.25) is 0 Å². The van der Waals surface area contributed by atoms with E-state index in [1.165, 1.54) is 17.8 Å². The number of rotatable bonds is 8. The van der Waals surface area contributed by atoms with Crippen LogP contribution in [-0.2, 0) is 16.6 Å². The number of fused-ring (bicyclic) bond motifs is 3. The first kappa shape index (κ1) is 23.0. The molecule has 3 N–H and O–H groups in total. The highest BCUT2D eigenvalue weighted by Crippen LogP contribution is 2.44. The van der Waals surface area contributed by atoms with Crippen LogP contribution < -0.4 is 10.6 Å². The van der Waals surface area contributed by atoms with Crippen LogP contribution in [0.1, 0.15) is 40.9 Å². The summed E-state index contributed by atoms with van der Waals surface area (Å²) in [6.45, 7) is 2.30. The van der Waals surface area contributed by atoms with Crippen LogP contribution in [0.5, 0.6) is 0 Å². The summed E-state index contributed by atoms with van der Waals surface area (Å²) in [4.78, 5) is 35.6. The van der Waals surface area contributed by atoms with E-state index in [0.29, 0.717) is 0 Å². The van der Waals surface area contributed by atoms with Crippen molar-refractivity contribution < 1.29 is 24.2 Å². The van der Waals surface area contributed by atoms with Gasteiger partial charge in [0.25, 0.3) is 0 Å². The van der Waals surface area contributed by atoms with Crippen LogP contribution in [0.4, 0.5) is 10.6 Å². The molecule has 1 aromatic heterocycles. The largest absolute Gasteiger partial charge is 0.477 e. The van der Waals surface area contributed by atoms with Crippen LogP contribution in [0.25, 0.3) is 11.1 Å². The van der Waals surface area contributed by atoms with Gasteiger partial charge in [0.15, 0.2) is 5.82 Å². The fourth-order valence-corrected chi connectivity index (χ4v) is 4.22. The Kier molecular flexibility index (Phi) is 6.62. The topological polar surface area (TPSA) is 123 Å². The number of anilines is 1. The minimum Gasteiger partial charge on any atom is -0.477 e. The van der Waals surface area contributed by atoms with Crippen molar-refractivity contribution in [1.29, 1.82) is 0 Å². The van der Waals surface area contributed by atoms with Crippen molar-refractivity contribution in [2.24, 2.45) is 13.0 Å². The van der Waals surface area contributed by atoms with Crippen LogP contribution in [0, 0.1) is 5.92 Å². The van der Waals surface area contributed by atoms with Gasteiger partial charge < -0.3 is 20.5 Å². The minimum absolute atomic E-state index is 0.0181. The number of nitrogens with zero attached hydrogens (tertiary/aromatic N) is 2. The number of benzene rings is 2. The van der Waals surface area contributed by atoms with E-state index in [9.17, 15) is 14.4 Å². The summed E-state index contributed by atoms with van der Waals surface area (Å²) in [7, 11) is 1.49. The maximum Gasteiger partial charge on any atom is 0.407 e. The average molecular weight is 463 g/mol. The van der Waals surface area contributed by atoms with Crippen molar-refractivity contribution in [2.75, 3.05) is 18.5 Å². The third kappa shape index (κ3) is 4.93. The first-order valence-electron chi connectivity index (χ1n) is 11.0. The number of carboxylic acids is 1. The number of amides is 2. The summed E-state index contributed by atoms with van der Waals surface area (Å²) in [5.74, 6) is -1.46. The van der Waals surface area contributed by atoms with Crippen molar-refractivity contribution in [2.45, 2.75) is 19.3 Å². The molecule has 2 aromatic carbocycles. The highest BCUT2D eigenvalue weighted by molar-refractivity contribution is 5.92. The lowest BCUT2D eigenvalue weighted by Crippen LogP contribution is -2.31. The number of hydrogen-bond acceptors (Lipinski definition) is 5. The minimum atomic E-state index is -1.13. The number of hydrogen-bond donors (Lipinski definition) is 3. The second-order valence-electron chi connectivity index (χ2n) is 8.41. The molecule has 0 aliphatic heterocycles. The molecule has 9 heteroatoms. The summed E-state index contributed by atoms with van der Waals surface area (Å²) in [6, 6.07) is 17.5. The van der Waals surface area contributed by atoms with E-state index in [1.807, 2.05) is 31.2 Å². The predicted octanol–water partition coefficient (Wildman–Crippen LogP) is 3.62. The maximum atomic E-state index is 12.3. The molecule has 1 heterocycles. The van der Waals surface area contributed by atoms with Gasteiger partial charge in [-0.3, -0.25) is 9.48 Å². The number of aromatic carboxylic acids is 1. The number of carbonyl (C=O) groups is 3. The second-order valence-corrected chi connectivity index (χ2v) is 8.41. The molecule has 0 fully saturated rings. The van der Waals surface area contributed by atoms with Gasteiger partial charge in [-0.25, -0.2) is 9.59 Å². The zero-order valence-electron chi connectivity index (χ0n) is 18.9. The van der Waals surface area contributed by atoms with Gasteiger partial charge in [-0.2, -0.15) is 5.10 Å². The van der Waals surface area contributed by atoms with Crippen molar-refractivity contribution in [3.8, 4) is 11.1 Å². The Bertz CT molecular complexity index is 1190. The molecule has 3 aromatic rings. The molecule has 0 bridgehead atoms. The summed E-state index contributed by atoms with van der Waals surface area (Å²) >= 11 is 0. The van der Waals surface area contributed by atoms with Crippen molar-refractivity contribution in [3.63, 3.8) is 0 Å². The second kappa shape index (κ2) is 9.78. The van der Waals surface area contributed by atoms with Gasteiger partial charge >= 0.3 is 12.1 Å². The predicted molar refractivity (Wildman–Crippen MR) is 126 cm³/mol. The third-order valence-corrected chi connectivity index (χ3v) is 5.84. The van der Waals surface area contributed by atoms with Crippen LogP contribution >= 0.6 is 0 Å². The van der Waals surface area contributed by atoms with Crippen molar-refractivity contribution >= 4 is 23.8 Å². The molecule has 0 spiro atoms. The Hall–Kier alpha value is -4.14. The smallest absolute Gasteiger partial charge is 0.407 e. The van der Waals surface area contributed by atoms with Crippen molar-refractivity contribution in [3.05, 3.63) is 71.4 Å². The molecular weight excluding hydrogens is 436 g/mol. The monoisotopic (exact) mass is 462 g/mol. The quantitative estimate of drug-likeness (QED) is 0.470. The number of ether oxygens (including phenoxy) is 1. The Balaban J connectivity index is 1.25. The van der Waals surface area contributed by atoms with Gasteiger partial charge in [-0.1, -0.05) is 55.5 Å². The van der Waals surface area contributed by atoms with Gasteiger partial charge in [-0.15, -0.1) is 0 Å². The molecule has 176 valence electrons. The standard InChI is InChI=1S/C25H26N4O5/c1-15(11-23(30)27-22-12-21(24(31)32)29(2)28-22)13-26-25(33)34-14-20-18-9-5-3-7-16(18)17-8-4-6-10-19(17)20/h3-10,12,15,20H,11,13-14H2,1-2H3,(H,26,33)(H,31,32)(H,27,28,30). The van der Waals surface area contributed by atoms with E-state index in [4.69, 9.17) is 9.84 Å². The summed E-state index contributed by atoms with van der Waals surface area (Å²) in [6.07, 6.45) is -0.409. The molecule has 2 amide bonds. The number of aryl methyl sites for hydroxylation is 1. The summed E-state index contributed by atoms with van der Waals surface area (Å²) in [5.41, 5.74) is 4.58. The molecule has 1 aliphatic carbocycles. The van der Waals surface area contributed by atoms with Crippen LogP contribution in [-0.4, -0.2) is 46.0 Å². The molecule has 1 aliphatic rings. The molecule has 0 saturated carbocycles. The van der Waals surface area contributed by atoms with Crippen LogP contribution in [0.15, 0.2) is 54.6 Å². The van der Waals surface area contributed by atoms with Gasteiger partial charge in [0.05, 0.1) is 0 Å². The molecule has 34 heavy (non-hydrogen) atoms. The van der Waals surface area contributed by atoms with E-state index < -0.39 is 12.1 Å². The molecule has 0 radical (unpaired) electrons. The number of aromatic nitrogens is 2. The van der Waals surface area contributed by atoms with E-state index >= 15 is 0 Å².